The van der Waals surface area contributed by atoms with Gasteiger partial charge in [0.15, 0.2) is 11.5 Å². The minimum absolute atomic E-state index is 0.214. The number of aryl methyl sites for hydroxylation is 1. The van der Waals surface area contributed by atoms with Gasteiger partial charge >= 0.3 is 5.97 Å². The largest absolute Gasteiger partial charge is 0.496 e. The number of ether oxygens (including phenoxy) is 4. The van der Waals surface area contributed by atoms with Crippen molar-refractivity contribution in [1.82, 2.24) is 0 Å². The lowest BCUT2D eigenvalue weighted by molar-refractivity contribution is -0.111. The zero-order chi connectivity index (χ0) is 25.4. The van der Waals surface area contributed by atoms with Crippen molar-refractivity contribution in [2.75, 3.05) is 32.8 Å². The molecular weight excluding hydrogens is 466 g/mol. The van der Waals surface area contributed by atoms with Crippen molar-refractivity contribution in [2.24, 2.45) is 0 Å². The lowest BCUT2D eigenvalue weighted by Gasteiger charge is -2.11. The number of hydrogen-bond acceptors (Lipinski definition) is 7. The van der Waals surface area contributed by atoms with E-state index in [0.717, 1.165) is 16.7 Å². The van der Waals surface area contributed by atoms with Crippen molar-refractivity contribution in [3.63, 3.8) is 0 Å². The standard InChI is InChI=1S/C27H29NO6S/c1-6-33-22-12-9-18(15-23(22)32-5)10-13-24(29)28-26-25(27(30)34-7-2)20(16-35-26)19-14-17(3)8-11-21(19)31-4/h8-16H,6-7H2,1-5H3,(H,28,29)/b13-10+. The predicted octanol–water partition coefficient (Wildman–Crippen LogP) is 5.97. The number of esters is 1. The van der Waals surface area contributed by atoms with E-state index in [4.69, 9.17) is 18.9 Å². The molecule has 0 fully saturated rings. The Hall–Kier alpha value is -3.78. The smallest absolute Gasteiger partial charge is 0.341 e. The van der Waals surface area contributed by atoms with Crippen molar-refractivity contribution in [2.45, 2.75) is 20.8 Å². The second-order valence-corrected chi connectivity index (χ2v) is 8.32. The van der Waals surface area contributed by atoms with E-state index in [1.54, 1.807) is 39.4 Å². The number of carbonyl (C=O) groups excluding carboxylic acids is 2. The molecular formula is C27H29NO6S. The summed E-state index contributed by atoms with van der Waals surface area (Å²) in [6, 6.07) is 11.1. The van der Waals surface area contributed by atoms with Crippen LogP contribution in [0, 0.1) is 6.92 Å². The molecule has 8 heteroatoms. The van der Waals surface area contributed by atoms with Crippen LogP contribution in [-0.2, 0) is 9.53 Å². The molecule has 1 aromatic heterocycles. The first-order chi connectivity index (χ1) is 16.9. The number of anilines is 1. The van der Waals surface area contributed by atoms with E-state index in [2.05, 4.69) is 5.32 Å². The number of carbonyl (C=O) groups is 2. The van der Waals surface area contributed by atoms with Crippen LogP contribution < -0.4 is 19.5 Å². The highest BCUT2D eigenvalue weighted by Gasteiger charge is 2.24. The van der Waals surface area contributed by atoms with Gasteiger partial charge in [-0.25, -0.2) is 4.79 Å². The van der Waals surface area contributed by atoms with Crippen LogP contribution in [0.4, 0.5) is 5.00 Å². The van der Waals surface area contributed by atoms with Crippen LogP contribution in [0.3, 0.4) is 0 Å². The van der Waals surface area contributed by atoms with Crippen LogP contribution in [-0.4, -0.2) is 39.3 Å². The molecule has 2 aromatic carbocycles. The Labute approximate surface area is 209 Å². The monoisotopic (exact) mass is 495 g/mol. The first-order valence-corrected chi connectivity index (χ1v) is 12.0. The van der Waals surface area contributed by atoms with E-state index in [9.17, 15) is 9.59 Å². The Morgan fingerprint density at radius 3 is 2.37 bits per heavy atom. The van der Waals surface area contributed by atoms with Crippen molar-refractivity contribution in [3.05, 3.63) is 64.5 Å². The third kappa shape index (κ3) is 6.22. The van der Waals surface area contributed by atoms with Gasteiger partial charge in [0.25, 0.3) is 0 Å². The highest BCUT2D eigenvalue weighted by Crippen LogP contribution is 2.40. The fourth-order valence-electron chi connectivity index (χ4n) is 3.47. The van der Waals surface area contributed by atoms with E-state index < -0.39 is 5.97 Å². The van der Waals surface area contributed by atoms with Gasteiger partial charge in [0.1, 0.15) is 16.3 Å². The van der Waals surface area contributed by atoms with Crippen LogP contribution >= 0.6 is 11.3 Å². The van der Waals surface area contributed by atoms with Gasteiger partial charge in [0, 0.05) is 22.6 Å². The Morgan fingerprint density at radius 2 is 1.69 bits per heavy atom. The van der Waals surface area contributed by atoms with Gasteiger partial charge < -0.3 is 24.3 Å². The summed E-state index contributed by atoms with van der Waals surface area (Å²) in [5.74, 6) is 0.944. The fourth-order valence-corrected chi connectivity index (χ4v) is 4.43. The molecule has 1 amide bonds. The maximum atomic E-state index is 12.9. The molecule has 35 heavy (non-hydrogen) atoms. The van der Waals surface area contributed by atoms with Crippen LogP contribution in [0.5, 0.6) is 17.2 Å². The molecule has 0 radical (unpaired) electrons. The lowest BCUT2D eigenvalue weighted by atomic mass is 10.0. The molecule has 3 aromatic rings. The average Bonchev–Trinajstić information content (AvgIpc) is 3.27. The zero-order valence-electron chi connectivity index (χ0n) is 20.5. The van der Waals surface area contributed by atoms with Gasteiger partial charge in [-0.3, -0.25) is 4.79 Å². The molecule has 1 N–H and O–H groups in total. The molecule has 184 valence electrons. The van der Waals surface area contributed by atoms with E-state index in [0.29, 0.717) is 40.0 Å². The summed E-state index contributed by atoms with van der Waals surface area (Å²) < 4.78 is 21.7. The topological polar surface area (TPSA) is 83.1 Å². The molecule has 0 bridgehead atoms. The maximum absolute atomic E-state index is 12.9. The molecule has 0 aliphatic carbocycles. The van der Waals surface area contributed by atoms with Gasteiger partial charge in [-0.1, -0.05) is 17.7 Å². The van der Waals surface area contributed by atoms with Gasteiger partial charge in [0.05, 0.1) is 27.4 Å². The molecule has 1 heterocycles. The average molecular weight is 496 g/mol. The lowest BCUT2D eigenvalue weighted by Crippen LogP contribution is -2.12. The highest BCUT2D eigenvalue weighted by atomic mass is 32.1. The molecule has 0 aliphatic heterocycles. The van der Waals surface area contributed by atoms with E-state index in [1.807, 2.05) is 43.5 Å². The number of nitrogens with one attached hydrogen (secondary N) is 1. The third-order valence-corrected chi connectivity index (χ3v) is 5.96. The number of methoxy groups -OCH3 is 2. The van der Waals surface area contributed by atoms with Crippen LogP contribution in [0.15, 0.2) is 47.9 Å². The summed E-state index contributed by atoms with van der Waals surface area (Å²) in [6.45, 7) is 6.33. The summed E-state index contributed by atoms with van der Waals surface area (Å²) in [5, 5.41) is 5.04. The van der Waals surface area contributed by atoms with Crippen molar-refractivity contribution in [1.29, 1.82) is 0 Å². The second-order valence-electron chi connectivity index (χ2n) is 7.44. The summed E-state index contributed by atoms with van der Waals surface area (Å²) >= 11 is 1.25. The van der Waals surface area contributed by atoms with Gasteiger partial charge in [-0.2, -0.15) is 0 Å². The molecule has 0 unspecified atom stereocenters. The van der Waals surface area contributed by atoms with E-state index >= 15 is 0 Å². The van der Waals surface area contributed by atoms with Gasteiger partial charge in [0.2, 0.25) is 5.91 Å². The van der Waals surface area contributed by atoms with Crippen LogP contribution in [0.2, 0.25) is 0 Å². The first-order valence-electron chi connectivity index (χ1n) is 11.1. The molecule has 3 rings (SSSR count). The van der Waals surface area contributed by atoms with E-state index in [1.165, 1.54) is 17.4 Å². The minimum atomic E-state index is -0.511. The normalized spacial score (nSPS) is 10.8. The van der Waals surface area contributed by atoms with Crippen LogP contribution in [0.1, 0.15) is 35.3 Å². The third-order valence-electron chi connectivity index (χ3n) is 5.07. The molecule has 0 aliphatic rings. The number of benzene rings is 2. The van der Waals surface area contributed by atoms with E-state index in [-0.39, 0.29) is 12.5 Å². The predicted molar refractivity (Wildman–Crippen MR) is 139 cm³/mol. The summed E-state index contributed by atoms with van der Waals surface area (Å²) in [4.78, 5) is 25.6. The fraction of sp³-hybridized carbons (Fsp3) is 0.259. The molecule has 0 atom stereocenters. The number of hydrogen-bond donors (Lipinski definition) is 1. The SMILES string of the molecule is CCOC(=O)c1c(-c2cc(C)ccc2OC)csc1NC(=O)/C=C/c1ccc(OCC)c(OC)c1. The minimum Gasteiger partial charge on any atom is -0.496 e. The molecule has 7 nitrogen and oxygen atoms in total. The Kier molecular flexibility index (Phi) is 8.92. The number of thiophene rings is 1. The molecule has 0 saturated carbocycles. The highest BCUT2D eigenvalue weighted by molar-refractivity contribution is 7.15. The van der Waals surface area contributed by atoms with Crippen molar-refractivity contribution >= 4 is 34.3 Å². The Bertz CT molecular complexity index is 1230. The summed E-state index contributed by atoms with van der Waals surface area (Å²) in [6.07, 6.45) is 3.06. The first kappa shape index (κ1) is 25.8. The number of amides is 1. The quantitative estimate of drug-likeness (QED) is 0.276. The maximum Gasteiger partial charge on any atom is 0.341 e. The van der Waals surface area contributed by atoms with Crippen molar-refractivity contribution < 1.29 is 28.5 Å². The molecule has 0 spiro atoms. The van der Waals surface area contributed by atoms with Crippen LogP contribution in [0.25, 0.3) is 17.2 Å². The van der Waals surface area contributed by atoms with Gasteiger partial charge in [-0.05, 0) is 56.7 Å². The number of rotatable bonds is 10. The Morgan fingerprint density at radius 1 is 0.943 bits per heavy atom. The second kappa shape index (κ2) is 12.1. The van der Waals surface area contributed by atoms with Crippen molar-refractivity contribution in [3.8, 4) is 28.4 Å². The summed E-state index contributed by atoms with van der Waals surface area (Å²) in [7, 11) is 3.14. The van der Waals surface area contributed by atoms with Gasteiger partial charge in [-0.15, -0.1) is 11.3 Å². The Balaban J connectivity index is 1.90. The summed E-state index contributed by atoms with van der Waals surface area (Å²) in [5.41, 5.74) is 3.47. The molecule has 0 saturated heterocycles. The zero-order valence-corrected chi connectivity index (χ0v) is 21.3.